The Morgan fingerprint density at radius 2 is 2.12 bits per heavy atom. The van der Waals surface area contributed by atoms with Crippen molar-refractivity contribution >= 4 is 17.3 Å². The molecule has 0 amide bonds. The van der Waals surface area contributed by atoms with Crippen molar-refractivity contribution in [2.24, 2.45) is 12.0 Å². The lowest BCUT2D eigenvalue weighted by atomic mass is 10.1. The average Bonchev–Trinajstić information content (AvgIpc) is 3.08. The maximum Gasteiger partial charge on any atom is 0.191 e. The number of guanidine groups is 1. The van der Waals surface area contributed by atoms with Crippen molar-refractivity contribution in [1.82, 2.24) is 30.3 Å². The highest BCUT2D eigenvalue weighted by atomic mass is 32.1. The van der Waals surface area contributed by atoms with Crippen LogP contribution in [0, 0.1) is 13.8 Å². The summed E-state index contributed by atoms with van der Waals surface area (Å²) in [5.41, 5.74) is 2.28. The molecule has 2 rings (SSSR count). The molecule has 2 N–H and O–H groups in total. The SMILES string of the molecule is CN=C(NCc1nc(C)c(C)s1)NCC(c1cnn(C)c1)N(C)C. The van der Waals surface area contributed by atoms with Gasteiger partial charge in [-0.3, -0.25) is 9.67 Å². The Hall–Kier alpha value is -1.93. The maximum atomic E-state index is 4.54. The number of nitrogens with one attached hydrogen (secondary N) is 2. The number of aryl methyl sites for hydroxylation is 3. The summed E-state index contributed by atoms with van der Waals surface area (Å²) in [7, 11) is 7.85. The molecule has 1 atom stereocenters. The van der Waals surface area contributed by atoms with Gasteiger partial charge in [0.2, 0.25) is 0 Å². The van der Waals surface area contributed by atoms with E-state index in [-0.39, 0.29) is 6.04 Å². The Bertz CT molecular complexity index is 667. The molecule has 0 aromatic carbocycles. The minimum atomic E-state index is 0.224. The number of rotatable bonds is 6. The van der Waals surface area contributed by atoms with Crippen molar-refractivity contribution in [2.75, 3.05) is 27.7 Å². The molecule has 2 aromatic heterocycles. The minimum absolute atomic E-state index is 0.224. The van der Waals surface area contributed by atoms with Gasteiger partial charge in [-0.2, -0.15) is 5.10 Å². The maximum absolute atomic E-state index is 4.54. The van der Waals surface area contributed by atoms with Crippen LogP contribution in [-0.2, 0) is 13.6 Å². The lowest BCUT2D eigenvalue weighted by molar-refractivity contribution is 0.298. The van der Waals surface area contributed by atoms with Gasteiger partial charge in [-0.05, 0) is 27.9 Å². The van der Waals surface area contributed by atoms with Crippen LogP contribution in [0.15, 0.2) is 17.4 Å². The molecule has 0 aliphatic heterocycles. The molecular formula is C16H27N7S. The van der Waals surface area contributed by atoms with Gasteiger partial charge in [-0.15, -0.1) is 11.3 Å². The highest BCUT2D eigenvalue weighted by Crippen LogP contribution is 2.17. The largest absolute Gasteiger partial charge is 0.354 e. The van der Waals surface area contributed by atoms with Crippen LogP contribution in [0.4, 0.5) is 0 Å². The molecule has 7 nitrogen and oxygen atoms in total. The number of aliphatic imine (C=N–C) groups is 1. The van der Waals surface area contributed by atoms with Crippen molar-refractivity contribution in [3.8, 4) is 0 Å². The van der Waals surface area contributed by atoms with Gasteiger partial charge in [0.1, 0.15) is 5.01 Å². The summed E-state index contributed by atoms with van der Waals surface area (Å²) in [5, 5.41) is 12.0. The zero-order valence-electron chi connectivity index (χ0n) is 15.3. The molecule has 1 unspecified atom stereocenters. The first kappa shape index (κ1) is 18.4. The molecule has 0 spiro atoms. The molecule has 0 bridgehead atoms. The van der Waals surface area contributed by atoms with E-state index in [2.05, 4.69) is 51.6 Å². The van der Waals surface area contributed by atoms with Gasteiger partial charge < -0.3 is 15.5 Å². The third-order valence-electron chi connectivity index (χ3n) is 3.90. The van der Waals surface area contributed by atoms with Crippen molar-refractivity contribution in [2.45, 2.75) is 26.4 Å². The van der Waals surface area contributed by atoms with Gasteiger partial charge in [0, 0.05) is 37.3 Å². The van der Waals surface area contributed by atoms with E-state index in [1.807, 2.05) is 31.0 Å². The lowest BCUT2D eigenvalue weighted by Crippen LogP contribution is -2.41. The standard InChI is InChI=1S/C16H27N7S/c1-11-12(2)24-15(21-11)9-19-16(17-3)18-8-14(22(4)5)13-7-20-23(6)10-13/h7,10,14H,8-9H2,1-6H3,(H2,17,18,19). The summed E-state index contributed by atoms with van der Waals surface area (Å²) in [6, 6.07) is 0.224. The van der Waals surface area contributed by atoms with Crippen LogP contribution in [0.3, 0.4) is 0 Å². The molecule has 2 heterocycles. The highest BCUT2D eigenvalue weighted by Gasteiger charge is 2.16. The molecule has 0 saturated carbocycles. The second-order valence-electron chi connectivity index (χ2n) is 5.98. The van der Waals surface area contributed by atoms with E-state index in [1.165, 1.54) is 10.4 Å². The fourth-order valence-corrected chi connectivity index (χ4v) is 3.27. The molecule has 8 heteroatoms. The zero-order chi connectivity index (χ0) is 17.7. The van der Waals surface area contributed by atoms with Crippen LogP contribution >= 0.6 is 11.3 Å². The van der Waals surface area contributed by atoms with E-state index >= 15 is 0 Å². The van der Waals surface area contributed by atoms with Crippen molar-refractivity contribution < 1.29 is 0 Å². The summed E-state index contributed by atoms with van der Waals surface area (Å²) < 4.78 is 1.83. The molecule has 0 radical (unpaired) electrons. The molecular weight excluding hydrogens is 322 g/mol. The van der Waals surface area contributed by atoms with E-state index in [0.717, 1.165) is 23.2 Å². The first-order chi connectivity index (χ1) is 11.4. The Labute approximate surface area is 147 Å². The predicted octanol–water partition coefficient (Wildman–Crippen LogP) is 1.46. The minimum Gasteiger partial charge on any atom is -0.354 e. The molecule has 0 aliphatic carbocycles. The first-order valence-electron chi connectivity index (χ1n) is 7.93. The smallest absolute Gasteiger partial charge is 0.191 e. The second-order valence-corrected chi connectivity index (χ2v) is 7.27. The molecule has 24 heavy (non-hydrogen) atoms. The van der Waals surface area contributed by atoms with E-state index in [0.29, 0.717) is 6.54 Å². The van der Waals surface area contributed by atoms with Crippen LogP contribution in [0.2, 0.25) is 0 Å². The number of hydrogen-bond donors (Lipinski definition) is 2. The predicted molar refractivity (Wildman–Crippen MR) is 99.4 cm³/mol. The van der Waals surface area contributed by atoms with Crippen LogP contribution in [0.5, 0.6) is 0 Å². The molecule has 2 aromatic rings. The van der Waals surface area contributed by atoms with Crippen molar-refractivity contribution in [3.63, 3.8) is 0 Å². The quantitative estimate of drug-likeness (QED) is 0.610. The number of hydrogen-bond acceptors (Lipinski definition) is 5. The normalized spacial score (nSPS) is 13.4. The van der Waals surface area contributed by atoms with Gasteiger partial charge >= 0.3 is 0 Å². The zero-order valence-corrected chi connectivity index (χ0v) is 16.1. The van der Waals surface area contributed by atoms with Gasteiger partial charge in [-0.1, -0.05) is 0 Å². The first-order valence-corrected chi connectivity index (χ1v) is 8.74. The fraction of sp³-hybridized carbons (Fsp3) is 0.562. The summed E-state index contributed by atoms with van der Waals surface area (Å²) in [6.45, 7) is 5.56. The molecule has 132 valence electrons. The van der Waals surface area contributed by atoms with E-state index in [9.17, 15) is 0 Å². The second kappa shape index (κ2) is 8.25. The van der Waals surface area contributed by atoms with E-state index < -0.39 is 0 Å². The highest BCUT2D eigenvalue weighted by molar-refractivity contribution is 7.11. The number of nitrogens with zero attached hydrogens (tertiary/aromatic N) is 5. The van der Waals surface area contributed by atoms with Crippen LogP contribution < -0.4 is 10.6 Å². The number of likely N-dealkylation sites (N-methyl/N-ethyl adjacent to an activating group) is 1. The summed E-state index contributed by atoms with van der Waals surface area (Å²) >= 11 is 1.72. The molecule has 0 fully saturated rings. The topological polar surface area (TPSA) is 70.4 Å². The fourth-order valence-electron chi connectivity index (χ4n) is 2.40. The lowest BCUT2D eigenvalue weighted by Gasteiger charge is -2.24. The van der Waals surface area contributed by atoms with Crippen molar-refractivity contribution in [3.05, 3.63) is 33.5 Å². The Kier molecular flexibility index (Phi) is 6.33. The summed E-state index contributed by atoms with van der Waals surface area (Å²) in [6.07, 6.45) is 3.95. The number of thiazole rings is 1. The third kappa shape index (κ3) is 4.78. The summed E-state index contributed by atoms with van der Waals surface area (Å²) in [4.78, 5) is 12.3. The monoisotopic (exact) mass is 349 g/mol. The van der Waals surface area contributed by atoms with Crippen LogP contribution in [0.1, 0.15) is 27.2 Å². The Balaban J connectivity index is 1.91. The Morgan fingerprint density at radius 1 is 1.38 bits per heavy atom. The van der Waals surface area contributed by atoms with Gasteiger partial charge in [0.25, 0.3) is 0 Å². The summed E-state index contributed by atoms with van der Waals surface area (Å²) in [5.74, 6) is 0.774. The van der Waals surface area contributed by atoms with Crippen molar-refractivity contribution in [1.29, 1.82) is 0 Å². The van der Waals surface area contributed by atoms with Gasteiger partial charge in [-0.25, -0.2) is 4.98 Å². The van der Waals surface area contributed by atoms with Crippen LogP contribution in [0.25, 0.3) is 0 Å². The van der Waals surface area contributed by atoms with E-state index in [1.54, 1.807) is 18.4 Å². The average molecular weight is 350 g/mol. The van der Waals surface area contributed by atoms with Gasteiger partial charge in [0.15, 0.2) is 5.96 Å². The van der Waals surface area contributed by atoms with Crippen LogP contribution in [-0.4, -0.2) is 53.3 Å². The molecule has 0 saturated heterocycles. The van der Waals surface area contributed by atoms with E-state index in [4.69, 9.17) is 0 Å². The van der Waals surface area contributed by atoms with Gasteiger partial charge in [0.05, 0.1) is 24.5 Å². The Morgan fingerprint density at radius 3 is 2.62 bits per heavy atom. The third-order valence-corrected chi connectivity index (χ3v) is 4.97. The number of aromatic nitrogens is 3. The molecule has 0 aliphatic rings.